The van der Waals surface area contributed by atoms with Gasteiger partial charge < -0.3 is 20.3 Å². The van der Waals surface area contributed by atoms with Gasteiger partial charge in [-0.05, 0) is 36.4 Å². The fourth-order valence-corrected chi connectivity index (χ4v) is 2.52. The predicted octanol–water partition coefficient (Wildman–Crippen LogP) is 2.81. The third kappa shape index (κ3) is 5.21. The normalized spacial score (nSPS) is 11.9. The van der Waals surface area contributed by atoms with Crippen molar-refractivity contribution in [1.29, 1.82) is 0 Å². The highest BCUT2D eigenvalue weighted by molar-refractivity contribution is 7.99. The van der Waals surface area contributed by atoms with E-state index in [0.717, 1.165) is 10.6 Å². The van der Waals surface area contributed by atoms with Gasteiger partial charge in [0.25, 0.3) is 0 Å². The molecule has 5 heteroatoms. The van der Waals surface area contributed by atoms with E-state index in [1.54, 1.807) is 31.0 Å². The molecular formula is C16H19NO3S. The molecule has 0 amide bonds. The van der Waals surface area contributed by atoms with Crippen molar-refractivity contribution >= 4 is 17.4 Å². The lowest BCUT2D eigenvalue weighted by molar-refractivity contribution is 0.126. The number of nitrogen functional groups attached to an aromatic ring is 1. The third-order valence-electron chi connectivity index (χ3n) is 2.80. The van der Waals surface area contributed by atoms with E-state index in [0.29, 0.717) is 17.2 Å². The zero-order valence-electron chi connectivity index (χ0n) is 11.9. The molecule has 0 spiro atoms. The molecule has 2 aromatic rings. The van der Waals surface area contributed by atoms with Crippen molar-refractivity contribution in [2.45, 2.75) is 11.0 Å². The summed E-state index contributed by atoms with van der Waals surface area (Å²) in [5.74, 6) is 2.06. The van der Waals surface area contributed by atoms with E-state index in [9.17, 15) is 5.11 Å². The zero-order valence-corrected chi connectivity index (χ0v) is 12.7. The van der Waals surface area contributed by atoms with Crippen molar-refractivity contribution < 1.29 is 14.6 Å². The number of thioether (sulfide) groups is 1. The Bertz CT molecular complexity index is 560. The summed E-state index contributed by atoms with van der Waals surface area (Å²) in [5.41, 5.74) is 6.31. The average Bonchev–Trinajstić information content (AvgIpc) is 2.51. The Hall–Kier alpha value is -1.85. The van der Waals surface area contributed by atoms with Gasteiger partial charge in [0, 0.05) is 22.4 Å². The first kappa shape index (κ1) is 15.5. The highest BCUT2D eigenvalue weighted by Crippen LogP contribution is 2.22. The molecule has 1 atom stereocenters. The number of hydrogen-bond acceptors (Lipinski definition) is 5. The molecule has 2 aromatic carbocycles. The second-order valence-corrected chi connectivity index (χ2v) is 5.62. The lowest BCUT2D eigenvalue weighted by Gasteiger charge is -2.12. The molecule has 0 aliphatic carbocycles. The van der Waals surface area contributed by atoms with Crippen LogP contribution in [0.25, 0.3) is 0 Å². The van der Waals surface area contributed by atoms with Gasteiger partial charge >= 0.3 is 0 Å². The summed E-state index contributed by atoms with van der Waals surface area (Å²) in [7, 11) is 1.64. The van der Waals surface area contributed by atoms with Gasteiger partial charge in [-0.25, -0.2) is 0 Å². The van der Waals surface area contributed by atoms with E-state index in [1.165, 1.54) is 0 Å². The van der Waals surface area contributed by atoms with Gasteiger partial charge in [-0.3, -0.25) is 0 Å². The number of ether oxygens (including phenoxy) is 2. The first-order valence-corrected chi connectivity index (χ1v) is 7.59. The van der Waals surface area contributed by atoms with Crippen molar-refractivity contribution in [1.82, 2.24) is 0 Å². The van der Waals surface area contributed by atoms with Crippen LogP contribution in [0.2, 0.25) is 0 Å². The van der Waals surface area contributed by atoms with Crippen molar-refractivity contribution in [3.8, 4) is 11.5 Å². The largest absolute Gasteiger partial charge is 0.497 e. The molecule has 0 saturated heterocycles. The highest BCUT2D eigenvalue weighted by atomic mass is 32.2. The van der Waals surface area contributed by atoms with E-state index in [-0.39, 0.29) is 6.61 Å². The van der Waals surface area contributed by atoms with Crippen LogP contribution < -0.4 is 15.2 Å². The Morgan fingerprint density at radius 3 is 2.57 bits per heavy atom. The smallest absolute Gasteiger partial charge is 0.121 e. The van der Waals surface area contributed by atoms with E-state index in [4.69, 9.17) is 15.2 Å². The lowest BCUT2D eigenvalue weighted by atomic mass is 10.3. The summed E-state index contributed by atoms with van der Waals surface area (Å²) in [4.78, 5) is 1.08. The van der Waals surface area contributed by atoms with Crippen LogP contribution in [0.4, 0.5) is 5.69 Å². The Labute approximate surface area is 128 Å². The molecule has 112 valence electrons. The highest BCUT2D eigenvalue weighted by Gasteiger charge is 2.07. The molecule has 21 heavy (non-hydrogen) atoms. The van der Waals surface area contributed by atoms with Crippen molar-refractivity contribution in [3.05, 3.63) is 48.5 Å². The summed E-state index contributed by atoms with van der Waals surface area (Å²) in [6, 6.07) is 14.9. The summed E-state index contributed by atoms with van der Waals surface area (Å²) in [6.45, 7) is 0.243. The SMILES string of the molecule is COc1ccc(SCC(O)COc2cccc(N)c2)cc1. The Balaban J connectivity index is 1.75. The fourth-order valence-electron chi connectivity index (χ4n) is 1.71. The van der Waals surface area contributed by atoms with Crippen LogP contribution in [-0.4, -0.2) is 30.7 Å². The first-order valence-electron chi connectivity index (χ1n) is 6.60. The molecule has 1 unspecified atom stereocenters. The molecular weight excluding hydrogens is 286 g/mol. The average molecular weight is 305 g/mol. The fraction of sp³-hybridized carbons (Fsp3) is 0.250. The number of benzene rings is 2. The Morgan fingerprint density at radius 1 is 1.14 bits per heavy atom. The number of nitrogens with two attached hydrogens (primary N) is 1. The molecule has 0 heterocycles. The van der Waals surface area contributed by atoms with Gasteiger partial charge in [0.1, 0.15) is 18.1 Å². The maximum atomic E-state index is 9.94. The molecule has 0 radical (unpaired) electrons. The quantitative estimate of drug-likeness (QED) is 0.608. The minimum atomic E-state index is -0.543. The van der Waals surface area contributed by atoms with Gasteiger partial charge in [0.05, 0.1) is 13.2 Å². The molecule has 0 aliphatic rings. The molecule has 0 fully saturated rings. The summed E-state index contributed by atoms with van der Waals surface area (Å²) in [5, 5.41) is 9.94. The molecule has 0 bridgehead atoms. The minimum Gasteiger partial charge on any atom is -0.497 e. The van der Waals surface area contributed by atoms with Gasteiger partial charge in [-0.1, -0.05) is 6.07 Å². The van der Waals surface area contributed by atoms with Gasteiger partial charge in [-0.2, -0.15) is 0 Å². The molecule has 2 rings (SSSR count). The molecule has 3 N–H and O–H groups in total. The van der Waals surface area contributed by atoms with E-state index in [1.807, 2.05) is 36.4 Å². The number of anilines is 1. The van der Waals surface area contributed by atoms with Crippen LogP contribution in [0.5, 0.6) is 11.5 Å². The molecule has 0 aliphatic heterocycles. The Kier molecular flexibility index (Phi) is 5.78. The number of hydrogen-bond donors (Lipinski definition) is 2. The van der Waals surface area contributed by atoms with Gasteiger partial charge in [0.2, 0.25) is 0 Å². The minimum absolute atomic E-state index is 0.243. The van der Waals surface area contributed by atoms with Crippen molar-refractivity contribution in [2.75, 3.05) is 25.2 Å². The second-order valence-electron chi connectivity index (χ2n) is 4.52. The molecule has 0 saturated carbocycles. The molecule has 4 nitrogen and oxygen atoms in total. The first-order chi connectivity index (χ1) is 10.2. The molecule has 0 aromatic heterocycles. The monoisotopic (exact) mass is 305 g/mol. The van der Waals surface area contributed by atoms with Crippen LogP contribution >= 0.6 is 11.8 Å². The number of methoxy groups -OCH3 is 1. The third-order valence-corrected chi connectivity index (χ3v) is 3.96. The van der Waals surface area contributed by atoms with Crippen LogP contribution in [-0.2, 0) is 0 Å². The standard InChI is InChI=1S/C16H19NO3S/c1-19-14-5-7-16(8-6-14)21-11-13(18)10-20-15-4-2-3-12(17)9-15/h2-9,13,18H,10-11,17H2,1H3. The zero-order chi connectivity index (χ0) is 15.1. The number of aliphatic hydroxyl groups excluding tert-OH is 1. The van der Waals surface area contributed by atoms with Gasteiger partial charge in [-0.15, -0.1) is 11.8 Å². The van der Waals surface area contributed by atoms with Crippen molar-refractivity contribution in [2.24, 2.45) is 0 Å². The van der Waals surface area contributed by atoms with E-state index in [2.05, 4.69) is 0 Å². The Morgan fingerprint density at radius 2 is 1.90 bits per heavy atom. The van der Waals surface area contributed by atoms with Crippen LogP contribution in [0.3, 0.4) is 0 Å². The predicted molar refractivity (Wildman–Crippen MR) is 86.1 cm³/mol. The van der Waals surface area contributed by atoms with Crippen molar-refractivity contribution in [3.63, 3.8) is 0 Å². The summed E-state index contributed by atoms with van der Waals surface area (Å²) >= 11 is 1.58. The maximum absolute atomic E-state index is 9.94. The van der Waals surface area contributed by atoms with Crippen LogP contribution in [0.1, 0.15) is 0 Å². The second kappa shape index (κ2) is 7.81. The van der Waals surface area contributed by atoms with Crippen LogP contribution in [0.15, 0.2) is 53.4 Å². The topological polar surface area (TPSA) is 64.7 Å². The number of aliphatic hydroxyl groups is 1. The summed E-state index contributed by atoms with van der Waals surface area (Å²) < 4.78 is 10.6. The number of rotatable bonds is 7. The van der Waals surface area contributed by atoms with E-state index >= 15 is 0 Å². The maximum Gasteiger partial charge on any atom is 0.121 e. The van der Waals surface area contributed by atoms with E-state index < -0.39 is 6.10 Å². The van der Waals surface area contributed by atoms with Gasteiger partial charge in [0.15, 0.2) is 0 Å². The summed E-state index contributed by atoms with van der Waals surface area (Å²) in [6.07, 6.45) is -0.543. The lowest BCUT2D eigenvalue weighted by Crippen LogP contribution is -2.20. The van der Waals surface area contributed by atoms with Crippen LogP contribution in [0, 0.1) is 0 Å².